The van der Waals surface area contributed by atoms with Gasteiger partial charge in [0.25, 0.3) is 5.69 Å². The number of nitro groups is 1. The molecule has 0 aromatic heterocycles. The van der Waals surface area contributed by atoms with Crippen molar-refractivity contribution in [3.05, 3.63) is 63.2 Å². The Labute approximate surface area is 120 Å². The quantitative estimate of drug-likeness (QED) is 0.621. The molecule has 0 spiro atoms. The second kappa shape index (κ2) is 6.25. The van der Waals surface area contributed by atoms with Gasteiger partial charge in [-0.2, -0.15) is 0 Å². The first-order chi connectivity index (χ1) is 9.61. The Bertz CT molecular complexity index is 616. The number of rotatable bonds is 5. The van der Waals surface area contributed by atoms with Crippen molar-refractivity contribution in [2.75, 3.05) is 7.11 Å². The molecule has 5 nitrogen and oxygen atoms in total. The fraction of sp³-hybridized carbons (Fsp3) is 0.143. The van der Waals surface area contributed by atoms with E-state index in [1.54, 1.807) is 0 Å². The van der Waals surface area contributed by atoms with Gasteiger partial charge in [0.1, 0.15) is 11.6 Å². The summed E-state index contributed by atoms with van der Waals surface area (Å²) >= 11 is 5.82. The summed E-state index contributed by atoms with van der Waals surface area (Å²) < 4.78 is 10.7. The monoisotopic (exact) mass is 293 g/mol. The summed E-state index contributed by atoms with van der Waals surface area (Å²) in [6, 6.07) is 12.1. The maximum absolute atomic E-state index is 10.9. The molecule has 0 atom stereocenters. The Morgan fingerprint density at radius 2 is 1.90 bits per heavy atom. The lowest BCUT2D eigenvalue weighted by atomic mass is 10.2. The number of nitrogens with zero attached hydrogens (tertiary/aromatic N) is 1. The van der Waals surface area contributed by atoms with Crippen molar-refractivity contribution in [1.82, 2.24) is 0 Å². The third kappa shape index (κ3) is 3.19. The van der Waals surface area contributed by atoms with Crippen LogP contribution < -0.4 is 9.47 Å². The van der Waals surface area contributed by atoms with Crippen molar-refractivity contribution in [2.45, 2.75) is 6.61 Å². The lowest BCUT2D eigenvalue weighted by Crippen LogP contribution is -1.99. The van der Waals surface area contributed by atoms with Crippen molar-refractivity contribution in [3.63, 3.8) is 0 Å². The van der Waals surface area contributed by atoms with Crippen LogP contribution in [0.4, 0.5) is 5.69 Å². The molecule has 0 heterocycles. The number of methoxy groups -OCH3 is 1. The van der Waals surface area contributed by atoms with Crippen LogP contribution in [0.1, 0.15) is 5.56 Å². The number of nitro benzene ring substituents is 1. The highest BCUT2D eigenvalue weighted by molar-refractivity contribution is 6.32. The van der Waals surface area contributed by atoms with Crippen LogP contribution >= 0.6 is 11.6 Å². The highest BCUT2D eigenvalue weighted by Crippen LogP contribution is 2.37. The zero-order valence-electron chi connectivity index (χ0n) is 10.7. The minimum Gasteiger partial charge on any atom is -0.493 e. The van der Waals surface area contributed by atoms with Gasteiger partial charge < -0.3 is 9.47 Å². The molecular weight excluding hydrogens is 282 g/mol. The fourth-order valence-electron chi connectivity index (χ4n) is 1.67. The maximum Gasteiger partial charge on any atom is 0.291 e. The molecule has 0 radical (unpaired) electrons. The predicted octanol–water partition coefficient (Wildman–Crippen LogP) is 3.84. The van der Waals surface area contributed by atoms with E-state index in [2.05, 4.69) is 0 Å². The van der Waals surface area contributed by atoms with Crippen LogP contribution in [0, 0.1) is 10.1 Å². The second-order valence-electron chi connectivity index (χ2n) is 3.99. The molecule has 0 aliphatic carbocycles. The largest absolute Gasteiger partial charge is 0.493 e. The van der Waals surface area contributed by atoms with Gasteiger partial charge in [-0.25, -0.2) is 0 Å². The average Bonchev–Trinajstić information content (AvgIpc) is 2.46. The summed E-state index contributed by atoms with van der Waals surface area (Å²) in [5.41, 5.74) is 0.739. The molecule has 0 saturated heterocycles. The van der Waals surface area contributed by atoms with Gasteiger partial charge in [-0.3, -0.25) is 10.1 Å². The van der Waals surface area contributed by atoms with E-state index in [1.807, 2.05) is 30.3 Å². The van der Waals surface area contributed by atoms with E-state index in [1.165, 1.54) is 19.2 Å². The zero-order valence-corrected chi connectivity index (χ0v) is 11.5. The van der Waals surface area contributed by atoms with Gasteiger partial charge in [-0.15, -0.1) is 0 Å². The van der Waals surface area contributed by atoms with Gasteiger partial charge >= 0.3 is 0 Å². The topological polar surface area (TPSA) is 61.6 Å². The highest BCUT2D eigenvalue weighted by atomic mass is 35.5. The Morgan fingerprint density at radius 3 is 2.50 bits per heavy atom. The normalized spacial score (nSPS) is 10.1. The van der Waals surface area contributed by atoms with Crippen molar-refractivity contribution < 1.29 is 14.4 Å². The summed E-state index contributed by atoms with van der Waals surface area (Å²) in [7, 11) is 1.45. The van der Waals surface area contributed by atoms with Gasteiger partial charge in [0, 0.05) is 6.07 Å². The Morgan fingerprint density at radius 1 is 1.20 bits per heavy atom. The van der Waals surface area contributed by atoms with E-state index >= 15 is 0 Å². The first kappa shape index (κ1) is 14.1. The Kier molecular flexibility index (Phi) is 4.42. The smallest absolute Gasteiger partial charge is 0.291 e. The van der Waals surface area contributed by atoms with E-state index in [4.69, 9.17) is 21.1 Å². The summed E-state index contributed by atoms with van der Waals surface area (Å²) in [6.07, 6.45) is 0. The van der Waals surface area contributed by atoms with Gasteiger partial charge in [0.05, 0.1) is 18.1 Å². The lowest BCUT2D eigenvalue weighted by Gasteiger charge is -2.11. The molecule has 2 aromatic carbocycles. The van der Waals surface area contributed by atoms with Gasteiger partial charge in [-0.1, -0.05) is 41.9 Å². The predicted molar refractivity (Wildman–Crippen MR) is 75.4 cm³/mol. The molecule has 0 aliphatic heterocycles. The molecule has 0 bridgehead atoms. The molecule has 0 aliphatic rings. The molecule has 0 saturated carbocycles. The van der Waals surface area contributed by atoms with E-state index < -0.39 is 4.92 Å². The molecule has 2 rings (SSSR count). The molecule has 2 aromatic rings. The lowest BCUT2D eigenvalue weighted by molar-refractivity contribution is -0.384. The fourth-order valence-corrected chi connectivity index (χ4v) is 1.89. The summed E-state index contributed by atoms with van der Waals surface area (Å²) in [4.78, 5) is 10.3. The first-order valence-electron chi connectivity index (χ1n) is 5.80. The number of ether oxygens (including phenoxy) is 2. The van der Waals surface area contributed by atoms with Crippen LogP contribution in [-0.4, -0.2) is 12.0 Å². The van der Waals surface area contributed by atoms with Gasteiger partial charge in [-0.05, 0) is 5.56 Å². The minimum atomic E-state index is -0.558. The zero-order chi connectivity index (χ0) is 14.5. The third-order valence-corrected chi connectivity index (χ3v) is 2.97. The van der Waals surface area contributed by atoms with Gasteiger partial charge in [0.15, 0.2) is 11.5 Å². The number of hydrogen-bond acceptors (Lipinski definition) is 4. The van der Waals surface area contributed by atoms with Crippen LogP contribution in [-0.2, 0) is 6.61 Å². The SMILES string of the molecule is COc1cc(Cl)c([N+](=O)[O-])cc1OCc1ccccc1. The number of hydrogen-bond donors (Lipinski definition) is 0. The molecule has 6 heteroatoms. The molecule has 0 N–H and O–H groups in total. The molecule has 0 fully saturated rings. The van der Waals surface area contributed by atoms with E-state index in [-0.39, 0.29) is 23.1 Å². The molecule has 104 valence electrons. The standard InChI is InChI=1S/C14H12ClNO4/c1-19-13-7-11(15)12(16(17)18)8-14(13)20-9-10-5-3-2-4-6-10/h2-8H,9H2,1H3. The summed E-state index contributed by atoms with van der Waals surface area (Å²) in [5, 5.41) is 10.9. The average molecular weight is 294 g/mol. The van der Waals surface area contributed by atoms with E-state index in [9.17, 15) is 10.1 Å². The van der Waals surface area contributed by atoms with Crippen molar-refractivity contribution in [3.8, 4) is 11.5 Å². The molecule has 0 unspecified atom stereocenters. The summed E-state index contributed by atoms with van der Waals surface area (Å²) in [6.45, 7) is 0.288. The first-order valence-corrected chi connectivity index (χ1v) is 6.18. The molecule has 0 amide bonds. The maximum atomic E-state index is 10.9. The Hall–Kier alpha value is -2.27. The third-order valence-electron chi connectivity index (χ3n) is 2.67. The van der Waals surface area contributed by atoms with Crippen LogP contribution in [0.2, 0.25) is 5.02 Å². The second-order valence-corrected chi connectivity index (χ2v) is 4.39. The van der Waals surface area contributed by atoms with Crippen LogP contribution in [0.25, 0.3) is 0 Å². The minimum absolute atomic E-state index is 0.0129. The number of benzene rings is 2. The van der Waals surface area contributed by atoms with E-state index in [0.29, 0.717) is 5.75 Å². The van der Waals surface area contributed by atoms with Crippen molar-refractivity contribution in [2.24, 2.45) is 0 Å². The van der Waals surface area contributed by atoms with E-state index in [0.717, 1.165) is 5.56 Å². The molecule has 20 heavy (non-hydrogen) atoms. The molecular formula is C14H12ClNO4. The highest BCUT2D eigenvalue weighted by Gasteiger charge is 2.18. The van der Waals surface area contributed by atoms with Gasteiger partial charge in [0.2, 0.25) is 0 Å². The van der Waals surface area contributed by atoms with Crippen LogP contribution in [0.3, 0.4) is 0 Å². The van der Waals surface area contributed by atoms with Crippen molar-refractivity contribution >= 4 is 17.3 Å². The van der Waals surface area contributed by atoms with Crippen LogP contribution in [0.15, 0.2) is 42.5 Å². The number of halogens is 1. The Balaban J connectivity index is 2.25. The van der Waals surface area contributed by atoms with Crippen molar-refractivity contribution in [1.29, 1.82) is 0 Å². The summed E-state index contributed by atoms with van der Waals surface area (Å²) in [5.74, 6) is 0.643. The van der Waals surface area contributed by atoms with Crippen LogP contribution in [0.5, 0.6) is 11.5 Å².